The van der Waals surface area contributed by atoms with Crippen LogP contribution in [0.1, 0.15) is 23.5 Å². The minimum Gasteiger partial charge on any atom is -0.461 e. The number of ether oxygens (including phenoxy) is 1. The summed E-state index contributed by atoms with van der Waals surface area (Å²) in [4.78, 5) is 15.7. The second-order valence-electron chi connectivity index (χ2n) is 4.38. The maximum absolute atomic E-state index is 11.7. The summed E-state index contributed by atoms with van der Waals surface area (Å²) in [6.45, 7) is 4.32. The van der Waals surface area contributed by atoms with Gasteiger partial charge in [0, 0.05) is 19.1 Å². The Morgan fingerprint density at radius 2 is 2.38 bits per heavy atom. The zero-order valence-electron chi connectivity index (χ0n) is 9.22. The molecule has 1 aromatic rings. The lowest BCUT2D eigenvalue weighted by molar-refractivity contribution is 0.0513. The molecule has 1 saturated heterocycles. The number of hydrogen-bond acceptors (Lipinski definition) is 4. The van der Waals surface area contributed by atoms with Crippen LogP contribution < -0.4 is 5.32 Å². The molecule has 5 nitrogen and oxygen atoms in total. The smallest absolute Gasteiger partial charge is 0.356 e. The van der Waals surface area contributed by atoms with Crippen LogP contribution >= 0.6 is 0 Å². The van der Waals surface area contributed by atoms with Crippen molar-refractivity contribution in [2.75, 3.05) is 19.7 Å². The number of esters is 1. The van der Waals surface area contributed by atoms with Crippen molar-refractivity contribution in [2.45, 2.75) is 13.0 Å². The molecule has 0 bridgehead atoms. The van der Waals surface area contributed by atoms with Gasteiger partial charge in [-0.3, -0.25) is 0 Å². The first kappa shape index (κ1) is 9.84. The molecule has 5 heteroatoms. The maximum Gasteiger partial charge on any atom is 0.356 e. The van der Waals surface area contributed by atoms with E-state index in [9.17, 15) is 4.79 Å². The predicted octanol–water partition coefficient (Wildman–Crippen LogP) is 0.450. The summed E-state index contributed by atoms with van der Waals surface area (Å²) in [5, 5.41) is 3.34. The fraction of sp³-hybridized carbons (Fsp3) is 0.636. The quantitative estimate of drug-likeness (QED) is 0.753. The Morgan fingerprint density at radius 3 is 3.06 bits per heavy atom. The topological polar surface area (TPSA) is 56.1 Å². The third kappa shape index (κ3) is 1.35. The van der Waals surface area contributed by atoms with E-state index in [4.69, 9.17) is 4.74 Å². The molecule has 2 heterocycles. The van der Waals surface area contributed by atoms with Crippen molar-refractivity contribution in [3.63, 3.8) is 0 Å². The van der Waals surface area contributed by atoms with Gasteiger partial charge in [0.25, 0.3) is 0 Å². The van der Waals surface area contributed by atoms with Crippen molar-refractivity contribution in [3.8, 4) is 0 Å². The minimum atomic E-state index is -0.266. The standard InChI is InChI=1S/C11H15N3O2/c1-2-16-11(15)9-5-13-6-14(9)10-7-3-12-4-8(7)10/h5-8,10,12H,2-4H2,1H3. The van der Waals surface area contributed by atoms with Gasteiger partial charge in [-0.05, 0) is 18.8 Å². The van der Waals surface area contributed by atoms with E-state index in [0.717, 1.165) is 13.1 Å². The van der Waals surface area contributed by atoms with E-state index < -0.39 is 0 Å². The lowest BCUT2D eigenvalue weighted by Crippen LogP contribution is -2.19. The SMILES string of the molecule is CCOC(=O)c1cncn1C1C2CNCC21. The van der Waals surface area contributed by atoms with Crippen molar-refractivity contribution < 1.29 is 9.53 Å². The van der Waals surface area contributed by atoms with Gasteiger partial charge in [-0.15, -0.1) is 0 Å². The number of piperidine rings is 1. The summed E-state index contributed by atoms with van der Waals surface area (Å²) < 4.78 is 6.99. The highest BCUT2D eigenvalue weighted by atomic mass is 16.5. The zero-order valence-corrected chi connectivity index (χ0v) is 9.22. The molecule has 1 aromatic heterocycles. The molecule has 0 amide bonds. The molecule has 86 valence electrons. The number of nitrogens with zero attached hydrogens (tertiary/aromatic N) is 2. The average Bonchev–Trinajstić information content (AvgIpc) is 2.76. The van der Waals surface area contributed by atoms with Crippen LogP contribution in [-0.2, 0) is 4.74 Å². The Bertz CT molecular complexity index is 405. The lowest BCUT2D eigenvalue weighted by Gasteiger charge is -2.09. The van der Waals surface area contributed by atoms with Gasteiger partial charge in [0.15, 0.2) is 0 Å². The first-order valence-electron chi connectivity index (χ1n) is 5.72. The van der Waals surface area contributed by atoms with Gasteiger partial charge in [-0.25, -0.2) is 9.78 Å². The van der Waals surface area contributed by atoms with Crippen LogP contribution in [0.4, 0.5) is 0 Å². The predicted molar refractivity (Wildman–Crippen MR) is 57.1 cm³/mol. The van der Waals surface area contributed by atoms with Crippen LogP contribution in [0, 0.1) is 11.8 Å². The highest BCUT2D eigenvalue weighted by Crippen LogP contribution is 2.52. The molecule has 2 fully saturated rings. The van der Waals surface area contributed by atoms with Gasteiger partial charge in [-0.2, -0.15) is 0 Å². The Labute approximate surface area is 93.8 Å². The largest absolute Gasteiger partial charge is 0.461 e. The molecule has 2 aliphatic rings. The molecule has 1 aliphatic heterocycles. The fourth-order valence-electron chi connectivity index (χ4n) is 2.70. The van der Waals surface area contributed by atoms with Crippen molar-refractivity contribution >= 4 is 5.97 Å². The number of fused-ring (bicyclic) bond motifs is 1. The summed E-state index contributed by atoms with van der Waals surface area (Å²) >= 11 is 0. The first-order valence-corrected chi connectivity index (χ1v) is 5.72. The number of hydrogen-bond donors (Lipinski definition) is 1. The lowest BCUT2D eigenvalue weighted by atomic mass is 10.4. The summed E-state index contributed by atoms with van der Waals surface area (Å²) in [5.74, 6) is 1.07. The number of imidazole rings is 1. The van der Waals surface area contributed by atoms with E-state index in [1.807, 2.05) is 11.5 Å². The van der Waals surface area contributed by atoms with Crippen LogP contribution in [0.3, 0.4) is 0 Å². The number of nitrogens with one attached hydrogen (secondary N) is 1. The molecule has 3 rings (SSSR count). The number of rotatable bonds is 3. The zero-order chi connectivity index (χ0) is 11.1. The van der Waals surface area contributed by atoms with Crippen LogP contribution in [0.15, 0.2) is 12.5 Å². The monoisotopic (exact) mass is 221 g/mol. The molecule has 0 aromatic carbocycles. The summed E-state index contributed by atoms with van der Waals surface area (Å²) in [5.41, 5.74) is 0.584. The number of carbonyl (C=O) groups excluding carboxylic acids is 1. The van der Waals surface area contributed by atoms with Gasteiger partial charge >= 0.3 is 5.97 Å². The average molecular weight is 221 g/mol. The Hall–Kier alpha value is -1.36. The molecule has 0 radical (unpaired) electrons. The first-order chi connectivity index (χ1) is 7.83. The number of carbonyl (C=O) groups is 1. The molecule has 16 heavy (non-hydrogen) atoms. The number of aromatic nitrogens is 2. The van der Waals surface area contributed by atoms with Crippen molar-refractivity contribution in [2.24, 2.45) is 11.8 Å². The van der Waals surface area contributed by atoms with Crippen LogP contribution in [0.25, 0.3) is 0 Å². The van der Waals surface area contributed by atoms with Gasteiger partial charge in [0.05, 0.1) is 19.1 Å². The Kier molecular flexibility index (Phi) is 2.21. The molecular formula is C11H15N3O2. The maximum atomic E-state index is 11.7. The van der Waals surface area contributed by atoms with Crippen LogP contribution in [0.2, 0.25) is 0 Å². The second-order valence-corrected chi connectivity index (χ2v) is 4.38. The van der Waals surface area contributed by atoms with Crippen LogP contribution in [0.5, 0.6) is 0 Å². The van der Waals surface area contributed by atoms with Crippen molar-refractivity contribution in [1.29, 1.82) is 0 Å². The fourth-order valence-corrected chi connectivity index (χ4v) is 2.70. The second kappa shape index (κ2) is 3.59. The van der Waals surface area contributed by atoms with Gasteiger partial charge in [0.2, 0.25) is 0 Å². The molecule has 2 unspecified atom stereocenters. The third-order valence-electron chi connectivity index (χ3n) is 3.52. The molecular weight excluding hydrogens is 206 g/mol. The van der Waals surface area contributed by atoms with E-state index in [1.54, 1.807) is 12.5 Å². The molecule has 1 N–H and O–H groups in total. The van der Waals surface area contributed by atoms with E-state index in [0.29, 0.717) is 30.2 Å². The molecule has 0 spiro atoms. The Morgan fingerprint density at radius 1 is 1.62 bits per heavy atom. The molecule has 1 aliphatic carbocycles. The molecule has 2 atom stereocenters. The highest BCUT2D eigenvalue weighted by molar-refractivity contribution is 5.87. The van der Waals surface area contributed by atoms with Crippen molar-refractivity contribution in [1.82, 2.24) is 14.9 Å². The van der Waals surface area contributed by atoms with Gasteiger partial charge in [-0.1, -0.05) is 0 Å². The van der Waals surface area contributed by atoms with Crippen molar-refractivity contribution in [3.05, 3.63) is 18.2 Å². The van der Waals surface area contributed by atoms with E-state index in [1.165, 1.54) is 0 Å². The van der Waals surface area contributed by atoms with E-state index in [2.05, 4.69) is 10.3 Å². The molecule has 1 saturated carbocycles. The summed E-state index contributed by atoms with van der Waals surface area (Å²) in [6, 6.07) is 0.447. The van der Waals surface area contributed by atoms with E-state index >= 15 is 0 Å². The van der Waals surface area contributed by atoms with Gasteiger partial charge < -0.3 is 14.6 Å². The summed E-state index contributed by atoms with van der Waals surface area (Å²) in [6.07, 6.45) is 3.34. The highest BCUT2D eigenvalue weighted by Gasteiger charge is 2.54. The normalized spacial score (nSPS) is 31.2. The van der Waals surface area contributed by atoms with Gasteiger partial charge in [0.1, 0.15) is 5.69 Å². The summed E-state index contributed by atoms with van der Waals surface area (Å²) in [7, 11) is 0. The Balaban J connectivity index is 1.81. The van der Waals surface area contributed by atoms with Crippen LogP contribution in [-0.4, -0.2) is 35.2 Å². The minimum absolute atomic E-state index is 0.266. The third-order valence-corrected chi connectivity index (χ3v) is 3.52. The van der Waals surface area contributed by atoms with E-state index in [-0.39, 0.29) is 5.97 Å².